The summed E-state index contributed by atoms with van der Waals surface area (Å²) in [6.07, 6.45) is 8.12. The zero-order valence-corrected chi connectivity index (χ0v) is 17.7. The van der Waals surface area contributed by atoms with Gasteiger partial charge in [0.25, 0.3) is 0 Å². The van der Waals surface area contributed by atoms with Crippen molar-refractivity contribution in [3.63, 3.8) is 0 Å². The molecule has 1 atom stereocenters. The Hall–Kier alpha value is -1.11. The molecular weight excluding hydrogens is 396 g/mol. The van der Waals surface area contributed by atoms with Gasteiger partial charge in [0, 0.05) is 30.4 Å². The Balaban J connectivity index is -0.000000815. The number of hydrogen-bond donors (Lipinski definition) is 0. The monoisotopic (exact) mass is 420 g/mol. The first kappa shape index (κ1) is 31.6. The van der Waals surface area contributed by atoms with Gasteiger partial charge in [-0.25, -0.2) is 0 Å². The van der Waals surface area contributed by atoms with Crippen LogP contribution in [0.25, 0.3) is 0 Å². The van der Waals surface area contributed by atoms with Gasteiger partial charge in [0.1, 0.15) is 0 Å². The zero-order chi connectivity index (χ0) is 21.3. The van der Waals surface area contributed by atoms with Crippen LogP contribution in [0.1, 0.15) is 26.3 Å². The molecule has 0 N–H and O–H groups in total. The van der Waals surface area contributed by atoms with E-state index in [4.69, 9.17) is 23.4 Å². The minimum Gasteiger partial charge on any atom is 0 e. The molecule has 0 aromatic heterocycles. The van der Waals surface area contributed by atoms with Gasteiger partial charge in [-0.1, -0.05) is 51.1 Å². The molecule has 6 heteroatoms. The second kappa shape index (κ2) is 19.2. The third-order valence-corrected chi connectivity index (χ3v) is 3.51. The smallest absolute Gasteiger partial charge is 0 e. The number of ether oxygens (including phenoxy) is 2. The van der Waals surface area contributed by atoms with Crippen LogP contribution in [0.4, 0.5) is 0 Å². The van der Waals surface area contributed by atoms with E-state index in [2.05, 4.69) is 78.5 Å². The van der Waals surface area contributed by atoms with E-state index in [0.29, 0.717) is 6.61 Å². The molecule has 1 aliphatic carbocycles. The topological polar surface area (TPSA) is 78.2 Å². The maximum absolute atomic E-state index is 7.50. The number of rotatable bonds is 5. The molecule has 6 radical (unpaired) electrons. The van der Waals surface area contributed by atoms with Crippen molar-refractivity contribution in [2.75, 3.05) is 7.11 Å². The molecule has 0 bridgehead atoms. The molecule has 2 rings (SSSR count). The van der Waals surface area contributed by atoms with E-state index < -0.39 is 0 Å². The van der Waals surface area contributed by atoms with Crippen molar-refractivity contribution in [1.82, 2.24) is 0 Å². The van der Waals surface area contributed by atoms with Crippen LogP contribution in [0.2, 0.25) is 0 Å². The Bertz CT molecular complexity index is 511. The average molecular weight is 420 g/mol. The Morgan fingerprint density at radius 2 is 1.32 bits per heavy atom. The van der Waals surface area contributed by atoms with Gasteiger partial charge in [-0.15, -0.1) is 0 Å². The van der Waals surface area contributed by atoms with Crippen molar-refractivity contribution in [1.29, 1.82) is 0 Å². The van der Waals surface area contributed by atoms with Gasteiger partial charge >= 0.3 is 33.9 Å². The van der Waals surface area contributed by atoms with Gasteiger partial charge in [-0.05, 0) is 42.6 Å². The molecule has 28 heavy (non-hydrogen) atoms. The van der Waals surface area contributed by atoms with Gasteiger partial charge in [-0.2, -0.15) is 0 Å². The molecule has 1 aromatic carbocycles. The van der Waals surface area contributed by atoms with Crippen LogP contribution in [0.3, 0.4) is 0 Å². The molecule has 0 amide bonds. The summed E-state index contributed by atoms with van der Waals surface area (Å²) in [6, 6.07) is 10.1. The second-order valence-corrected chi connectivity index (χ2v) is 6.24. The third-order valence-electron chi connectivity index (χ3n) is 3.51. The molecule has 0 saturated heterocycles. The Kier molecular flexibility index (Phi) is 21.7. The summed E-state index contributed by atoms with van der Waals surface area (Å²) < 4.78 is 33.8. The molecule has 0 aliphatic heterocycles. The predicted molar refractivity (Wildman–Crippen MR) is 97.0 cm³/mol. The Morgan fingerprint density at radius 3 is 1.71 bits per heavy atom. The van der Waals surface area contributed by atoms with E-state index in [1.165, 1.54) is 5.92 Å². The summed E-state index contributed by atoms with van der Waals surface area (Å²) >= 11 is 0. The van der Waals surface area contributed by atoms with E-state index in [0.717, 1.165) is 11.5 Å². The molecule has 0 heterocycles. The van der Waals surface area contributed by atoms with Crippen LogP contribution >= 0.6 is 0 Å². The van der Waals surface area contributed by atoms with Crippen molar-refractivity contribution in [3.05, 3.63) is 93.4 Å². The molecule has 148 valence electrons. The minimum absolute atomic E-state index is 0. The summed E-state index contributed by atoms with van der Waals surface area (Å²) in [7, 11) is 1.67. The predicted octanol–water partition coefficient (Wildman–Crippen LogP) is 4.09. The van der Waals surface area contributed by atoms with Crippen molar-refractivity contribution < 1.29 is 40.8 Å². The van der Waals surface area contributed by atoms with E-state index >= 15 is 0 Å². The van der Waals surface area contributed by atoms with Crippen molar-refractivity contribution in [2.24, 2.45) is 5.41 Å². The molecule has 0 spiro atoms. The van der Waals surface area contributed by atoms with E-state index in [9.17, 15) is 0 Å². The van der Waals surface area contributed by atoms with E-state index in [-0.39, 0.29) is 29.1 Å². The molecule has 5 nitrogen and oxygen atoms in total. The number of methoxy groups -OCH3 is 1. The summed E-state index contributed by atoms with van der Waals surface area (Å²) in [6.45, 7) is 20.7. The average Bonchev–Trinajstić information content (AvgIpc) is 2.73. The van der Waals surface area contributed by atoms with Crippen LogP contribution in [0, 0.1) is 62.9 Å². The Labute approximate surface area is 180 Å². The second-order valence-electron chi connectivity index (χ2n) is 6.24. The fourth-order valence-corrected chi connectivity index (χ4v) is 2.19. The summed E-state index contributed by atoms with van der Waals surface area (Å²) in [5, 5.41) is 0. The first-order valence-electron chi connectivity index (χ1n) is 7.90. The number of hydrogen-bond acceptors (Lipinski definition) is 2. The van der Waals surface area contributed by atoms with E-state index in [1.54, 1.807) is 7.11 Å². The zero-order valence-electron chi connectivity index (χ0n) is 16.4. The summed E-state index contributed by atoms with van der Waals surface area (Å²) in [5.41, 5.74) is 1.30. The fraction of sp³-hybridized carbons (Fsp3) is 0.318. The normalized spacial score (nSPS) is 14.9. The molecule has 1 aromatic rings. The number of benzene rings is 1. The maximum atomic E-state index is 7.50. The fourth-order valence-electron chi connectivity index (χ4n) is 2.19. The van der Waals surface area contributed by atoms with Crippen molar-refractivity contribution in [2.45, 2.75) is 33.7 Å². The van der Waals surface area contributed by atoms with E-state index in [1.807, 2.05) is 18.2 Å². The van der Waals surface area contributed by atoms with Crippen LogP contribution in [0.5, 0.6) is 0 Å². The standard InChI is InChI=1S/C19H24O2.3CO.Cr/c1-19(2,3)17-12-10-16(11-13-17)18(20-4)21-14-15-8-6-5-7-9-15;3*1-2;/h5-13,18H,14H2,1-4H3;;;;. The quantitative estimate of drug-likeness (QED) is 0.409. The molecular formula is C22H24CrO5. The first-order valence-corrected chi connectivity index (χ1v) is 7.90. The largest absolute Gasteiger partial charge is 0 e. The molecule has 1 aliphatic rings. The van der Waals surface area contributed by atoms with Gasteiger partial charge in [0.05, 0.1) is 6.61 Å². The first-order chi connectivity index (χ1) is 13.0. The molecule has 1 unspecified atom stereocenters. The Morgan fingerprint density at radius 1 is 0.857 bits per heavy atom. The van der Waals surface area contributed by atoms with Crippen LogP contribution < -0.4 is 0 Å². The van der Waals surface area contributed by atoms with Gasteiger partial charge in [-0.3, -0.25) is 0 Å². The van der Waals surface area contributed by atoms with Crippen LogP contribution in [-0.2, 0) is 47.4 Å². The van der Waals surface area contributed by atoms with Gasteiger partial charge < -0.3 is 9.47 Å². The minimum atomic E-state index is -0.334. The SMILES string of the molecule is COC(OCc1ccccc1)[C]1[CH][CH][C](C(C)(C)C)[CH][CH]1.[C-]#[O+].[C-]#[O+].[C-]#[O+].[Cr]. The van der Waals surface area contributed by atoms with Crippen LogP contribution in [0.15, 0.2) is 30.3 Å². The summed E-state index contributed by atoms with van der Waals surface area (Å²) in [5.74, 6) is 2.35. The molecule has 1 saturated carbocycles. The summed E-state index contributed by atoms with van der Waals surface area (Å²) in [4.78, 5) is 0. The van der Waals surface area contributed by atoms with Gasteiger partial charge in [0.2, 0.25) is 0 Å². The third kappa shape index (κ3) is 12.4. The van der Waals surface area contributed by atoms with Crippen molar-refractivity contribution in [3.8, 4) is 0 Å². The van der Waals surface area contributed by atoms with Gasteiger partial charge in [0.15, 0.2) is 6.29 Å². The molecule has 1 fully saturated rings. The van der Waals surface area contributed by atoms with Crippen molar-refractivity contribution >= 4 is 0 Å². The van der Waals surface area contributed by atoms with Crippen LogP contribution in [-0.4, -0.2) is 13.4 Å². The maximum Gasteiger partial charge on any atom is 0 e.